The number of carbonyl (C=O) groups excluding carboxylic acids is 1. The van der Waals surface area contributed by atoms with Crippen molar-refractivity contribution in [1.29, 1.82) is 0 Å². The van der Waals surface area contributed by atoms with Gasteiger partial charge in [-0.2, -0.15) is 0 Å². The van der Waals surface area contributed by atoms with Gasteiger partial charge in [0.15, 0.2) is 0 Å². The Bertz CT molecular complexity index is 819. The maximum absolute atomic E-state index is 12.9. The number of nitrogens with one attached hydrogen (secondary N) is 1. The lowest BCUT2D eigenvalue weighted by atomic mass is 9.75. The number of hydrogen-bond acceptors (Lipinski definition) is 4. The van der Waals surface area contributed by atoms with Crippen molar-refractivity contribution in [3.63, 3.8) is 0 Å². The van der Waals surface area contributed by atoms with Crippen molar-refractivity contribution >= 4 is 17.4 Å². The van der Waals surface area contributed by atoms with Crippen LogP contribution in [0.25, 0.3) is 0 Å². The van der Waals surface area contributed by atoms with E-state index in [9.17, 15) is 4.79 Å². The Hall–Kier alpha value is -2.43. The second kappa shape index (κ2) is 6.14. The van der Waals surface area contributed by atoms with Gasteiger partial charge in [0.25, 0.3) is 0 Å². The van der Waals surface area contributed by atoms with Crippen LogP contribution < -0.4 is 10.2 Å². The Kier molecular flexibility index (Phi) is 3.94. The van der Waals surface area contributed by atoms with Gasteiger partial charge in [-0.1, -0.05) is 25.1 Å². The van der Waals surface area contributed by atoms with E-state index in [2.05, 4.69) is 28.2 Å². The number of aryl methyl sites for hydroxylation is 2. The molecule has 1 saturated heterocycles. The molecule has 1 spiro atoms. The summed E-state index contributed by atoms with van der Waals surface area (Å²) in [6, 6.07) is 10.1. The van der Waals surface area contributed by atoms with E-state index < -0.39 is 5.41 Å². The normalized spacial score (nSPS) is 22.2. The van der Waals surface area contributed by atoms with Crippen molar-refractivity contribution in [2.24, 2.45) is 0 Å². The number of rotatable bonds is 3. The number of aromatic nitrogens is 2. The van der Waals surface area contributed by atoms with Crippen LogP contribution in [0.15, 0.2) is 30.3 Å². The third kappa shape index (κ3) is 2.68. The van der Waals surface area contributed by atoms with Crippen LogP contribution in [0.2, 0.25) is 0 Å². The van der Waals surface area contributed by atoms with E-state index in [0.29, 0.717) is 6.54 Å². The summed E-state index contributed by atoms with van der Waals surface area (Å²) in [5.74, 6) is 1.97. The summed E-state index contributed by atoms with van der Waals surface area (Å²) in [5, 5.41) is 3.07. The number of nitrogens with zero attached hydrogens (tertiary/aromatic N) is 3. The van der Waals surface area contributed by atoms with Crippen LogP contribution in [0.4, 0.5) is 11.5 Å². The Morgan fingerprint density at radius 3 is 2.96 bits per heavy atom. The van der Waals surface area contributed by atoms with Crippen LogP contribution in [0.1, 0.15) is 43.3 Å². The molecule has 25 heavy (non-hydrogen) atoms. The van der Waals surface area contributed by atoms with Crippen molar-refractivity contribution in [3.05, 3.63) is 47.4 Å². The lowest BCUT2D eigenvalue weighted by molar-refractivity contribution is -0.121. The molecular formula is C20H24N4O. The highest BCUT2D eigenvalue weighted by Crippen LogP contribution is 2.44. The minimum atomic E-state index is -0.460. The largest absolute Gasteiger partial charge is 0.355 e. The van der Waals surface area contributed by atoms with Gasteiger partial charge in [0.2, 0.25) is 5.91 Å². The SMILES string of the molecule is CCCc1nc(C)cc(N2CCC[C@@]3(C2)C(=O)Nc2ccccc23)n1. The van der Waals surface area contributed by atoms with Gasteiger partial charge in [-0.15, -0.1) is 0 Å². The zero-order chi connectivity index (χ0) is 17.4. The molecule has 0 radical (unpaired) electrons. The second-order valence-corrected chi connectivity index (χ2v) is 7.14. The molecule has 2 aromatic rings. The third-order valence-corrected chi connectivity index (χ3v) is 5.30. The highest BCUT2D eigenvalue weighted by atomic mass is 16.2. The van der Waals surface area contributed by atoms with Gasteiger partial charge in [-0.3, -0.25) is 4.79 Å². The fourth-order valence-electron chi connectivity index (χ4n) is 4.14. The zero-order valence-corrected chi connectivity index (χ0v) is 14.9. The summed E-state index contributed by atoms with van der Waals surface area (Å²) < 4.78 is 0. The van der Waals surface area contributed by atoms with Crippen LogP contribution in [0.3, 0.4) is 0 Å². The lowest BCUT2D eigenvalue weighted by Gasteiger charge is -2.39. The molecule has 2 aliphatic rings. The first kappa shape index (κ1) is 16.1. The van der Waals surface area contributed by atoms with Crippen LogP contribution >= 0.6 is 0 Å². The molecule has 1 fully saturated rings. The first-order chi connectivity index (χ1) is 12.1. The summed E-state index contributed by atoms with van der Waals surface area (Å²) in [5.41, 5.74) is 2.62. The minimum Gasteiger partial charge on any atom is -0.355 e. The molecule has 2 aliphatic heterocycles. The molecule has 1 aromatic heterocycles. The number of para-hydroxylation sites is 1. The van der Waals surface area contributed by atoms with E-state index >= 15 is 0 Å². The predicted octanol–water partition coefficient (Wildman–Crippen LogP) is 3.23. The van der Waals surface area contributed by atoms with E-state index in [1.807, 2.05) is 31.2 Å². The molecule has 5 nitrogen and oxygen atoms in total. The molecule has 1 N–H and O–H groups in total. The van der Waals surface area contributed by atoms with E-state index in [4.69, 9.17) is 4.98 Å². The fourth-order valence-corrected chi connectivity index (χ4v) is 4.14. The number of anilines is 2. The molecule has 1 aromatic carbocycles. The third-order valence-electron chi connectivity index (χ3n) is 5.30. The van der Waals surface area contributed by atoms with Crippen molar-refractivity contribution in [2.45, 2.75) is 44.9 Å². The quantitative estimate of drug-likeness (QED) is 0.935. The Balaban J connectivity index is 1.69. The Morgan fingerprint density at radius 2 is 2.12 bits per heavy atom. The van der Waals surface area contributed by atoms with Gasteiger partial charge in [0.1, 0.15) is 11.6 Å². The molecule has 0 aliphatic carbocycles. The van der Waals surface area contributed by atoms with Gasteiger partial charge >= 0.3 is 0 Å². The second-order valence-electron chi connectivity index (χ2n) is 7.14. The first-order valence-corrected chi connectivity index (χ1v) is 9.13. The van der Waals surface area contributed by atoms with Gasteiger partial charge in [-0.25, -0.2) is 9.97 Å². The van der Waals surface area contributed by atoms with Crippen molar-refractivity contribution in [3.8, 4) is 0 Å². The molecule has 1 atom stereocenters. The van der Waals surface area contributed by atoms with Gasteiger partial charge in [0.05, 0.1) is 5.41 Å². The van der Waals surface area contributed by atoms with E-state index in [1.165, 1.54) is 0 Å². The molecule has 0 bridgehead atoms. The molecular weight excluding hydrogens is 312 g/mol. The van der Waals surface area contributed by atoms with E-state index in [0.717, 1.165) is 60.8 Å². The molecule has 0 unspecified atom stereocenters. The first-order valence-electron chi connectivity index (χ1n) is 9.13. The number of fused-ring (bicyclic) bond motifs is 2. The smallest absolute Gasteiger partial charge is 0.236 e. The summed E-state index contributed by atoms with van der Waals surface area (Å²) in [6.45, 7) is 5.76. The molecule has 3 heterocycles. The monoisotopic (exact) mass is 336 g/mol. The molecule has 130 valence electrons. The average molecular weight is 336 g/mol. The van der Waals surface area contributed by atoms with E-state index in [-0.39, 0.29) is 5.91 Å². The zero-order valence-electron chi connectivity index (χ0n) is 14.9. The highest BCUT2D eigenvalue weighted by molar-refractivity contribution is 6.06. The molecule has 1 amide bonds. The van der Waals surface area contributed by atoms with Crippen molar-refractivity contribution < 1.29 is 4.79 Å². The standard InChI is InChI=1S/C20H24N4O/c1-3-7-17-21-14(2)12-18(23-17)24-11-6-10-20(13-24)15-8-4-5-9-16(15)22-19(20)25/h4-5,8-9,12H,3,6-7,10-11,13H2,1-2H3,(H,22,25)/t20-/m0/s1. The summed E-state index contributed by atoms with van der Waals surface area (Å²) in [6.07, 6.45) is 3.78. The number of benzene rings is 1. The lowest BCUT2D eigenvalue weighted by Crippen LogP contribution is -2.50. The van der Waals surface area contributed by atoms with E-state index in [1.54, 1.807) is 0 Å². The van der Waals surface area contributed by atoms with Crippen molar-refractivity contribution in [1.82, 2.24) is 9.97 Å². The number of carbonyl (C=O) groups is 1. The topological polar surface area (TPSA) is 58.1 Å². The van der Waals surface area contributed by atoms with Gasteiger partial charge < -0.3 is 10.2 Å². The number of hydrogen-bond donors (Lipinski definition) is 1. The van der Waals surface area contributed by atoms with Crippen molar-refractivity contribution in [2.75, 3.05) is 23.3 Å². The number of amides is 1. The maximum atomic E-state index is 12.9. The van der Waals surface area contributed by atoms with Crippen LogP contribution in [-0.4, -0.2) is 29.0 Å². The summed E-state index contributed by atoms with van der Waals surface area (Å²) >= 11 is 0. The predicted molar refractivity (Wildman–Crippen MR) is 99.0 cm³/mol. The summed E-state index contributed by atoms with van der Waals surface area (Å²) in [7, 11) is 0. The van der Waals surface area contributed by atoms with Crippen LogP contribution in [0.5, 0.6) is 0 Å². The van der Waals surface area contributed by atoms with Crippen LogP contribution in [-0.2, 0) is 16.6 Å². The minimum absolute atomic E-state index is 0.123. The number of piperidine rings is 1. The Labute approximate surface area is 148 Å². The maximum Gasteiger partial charge on any atom is 0.236 e. The molecule has 0 saturated carbocycles. The van der Waals surface area contributed by atoms with Gasteiger partial charge in [-0.05, 0) is 37.8 Å². The fraction of sp³-hybridized carbons (Fsp3) is 0.450. The highest BCUT2D eigenvalue weighted by Gasteiger charge is 2.49. The average Bonchev–Trinajstić information content (AvgIpc) is 2.87. The van der Waals surface area contributed by atoms with Crippen LogP contribution in [0, 0.1) is 6.92 Å². The molecule has 4 rings (SSSR count). The van der Waals surface area contributed by atoms with Gasteiger partial charge in [0, 0.05) is 37.0 Å². The summed E-state index contributed by atoms with van der Waals surface area (Å²) in [4.78, 5) is 24.4. The Morgan fingerprint density at radius 1 is 1.28 bits per heavy atom. The molecule has 5 heteroatoms.